The van der Waals surface area contributed by atoms with Gasteiger partial charge in [-0.25, -0.2) is 4.98 Å². The number of carbonyl (C=O) groups excluding carboxylic acids is 1. The van der Waals surface area contributed by atoms with Gasteiger partial charge >= 0.3 is 0 Å². The van der Waals surface area contributed by atoms with Crippen molar-refractivity contribution in [1.29, 1.82) is 0 Å². The number of amides is 1. The maximum atomic E-state index is 11.9. The number of ether oxygens (including phenoxy) is 1. The lowest BCUT2D eigenvalue weighted by Crippen LogP contribution is -2.13. The molecule has 2 rings (SSSR count). The van der Waals surface area contributed by atoms with Crippen LogP contribution in [0.4, 0.5) is 5.69 Å². The van der Waals surface area contributed by atoms with Crippen LogP contribution in [0, 0.1) is 0 Å². The molecule has 0 aliphatic rings. The van der Waals surface area contributed by atoms with Crippen LogP contribution >= 0.6 is 0 Å². The third-order valence-electron chi connectivity index (χ3n) is 2.81. The van der Waals surface area contributed by atoms with Crippen molar-refractivity contribution in [1.82, 2.24) is 4.98 Å². The van der Waals surface area contributed by atoms with Gasteiger partial charge in [-0.1, -0.05) is 30.3 Å². The van der Waals surface area contributed by atoms with E-state index in [1.807, 2.05) is 37.3 Å². The Kier molecular flexibility index (Phi) is 5.12. The molecule has 1 aromatic carbocycles. The van der Waals surface area contributed by atoms with Crippen molar-refractivity contribution in [2.45, 2.75) is 19.8 Å². The first-order chi connectivity index (χ1) is 9.79. The summed E-state index contributed by atoms with van der Waals surface area (Å²) < 4.78 is 5.37. The highest BCUT2D eigenvalue weighted by Gasteiger charge is 2.08. The van der Waals surface area contributed by atoms with Crippen LogP contribution in [0.15, 0.2) is 48.7 Å². The molecule has 0 unspecified atom stereocenters. The summed E-state index contributed by atoms with van der Waals surface area (Å²) in [5, 5.41) is 2.84. The van der Waals surface area contributed by atoms with E-state index < -0.39 is 0 Å². The number of rotatable bonds is 6. The van der Waals surface area contributed by atoms with Crippen LogP contribution in [0.5, 0.6) is 5.88 Å². The van der Waals surface area contributed by atoms with Crippen molar-refractivity contribution >= 4 is 11.6 Å². The van der Waals surface area contributed by atoms with Gasteiger partial charge in [-0.2, -0.15) is 0 Å². The number of nitrogens with zero attached hydrogens (tertiary/aromatic N) is 1. The molecule has 0 aliphatic heterocycles. The lowest BCUT2D eigenvalue weighted by molar-refractivity contribution is -0.116. The molecule has 20 heavy (non-hydrogen) atoms. The Morgan fingerprint density at radius 2 is 2.00 bits per heavy atom. The van der Waals surface area contributed by atoms with E-state index in [0.717, 1.165) is 12.0 Å². The summed E-state index contributed by atoms with van der Waals surface area (Å²) >= 11 is 0. The number of hydrogen-bond donors (Lipinski definition) is 1. The highest BCUT2D eigenvalue weighted by atomic mass is 16.5. The molecule has 2 aromatic rings. The van der Waals surface area contributed by atoms with Crippen molar-refractivity contribution < 1.29 is 9.53 Å². The van der Waals surface area contributed by atoms with Crippen LogP contribution in [0.1, 0.15) is 18.9 Å². The summed E-state index contributed by atoms with van der Waals surface area (Å²) in [5.74, 6) is 0.422. The lowest BCUT2D eigenvalue weighted by atomic mass is 10.1. The van der Waals surface area contributed by atoms with Crippen LogP contribution in [0.3, 0.4) is 0 Å². The van der Waals surface area contributed by atoms with Crippen molar-refractivity contribution in [3.05, 3.63) is 54.2 Å². The van der Waals surface area contributed by atoms with Crippen LogP contribution in [-0.2, 0) is 11.2 Å². The third-order valence-corrected chi connectivity index (χ3v) is 2.81. The first-order valence-electron chi connectivity index (χ1n) is 6.71. The Bertz CT molecular complexity index is 555. The molecule has 104 valence electrons. The van der Waals surface area contributed by atoms with E-state index in [1.165, 1.54) is 0 Å². The number of benzene rings is 1. The van der Waals surface area contributed by atoms with Gasteiger partial charge in [0.2, 0.25) is 11.8 Å². The third kappa shape index (κ3) is 4.09. The molecule has 0 bridgehead atoms. The molecule has 0 atom stereocenters. The van der Waals surface area contributed by atoms with Gasteiger partial charge in [-0.15, -0.1) is 0 Å². The molecule has 0 saturated heterocycles. The molecule has 1 N–H and O–H groups in total. The van der Waals surface area contributed by atoms with Gasteiger partial charge in [0.05, 0.1) is 6.61 Å². The second-order valence-electron chi connectivity index (χ2n) is 4.32. The average Bonchev–Trinajstić information content (AvgIpc) is 2.49. The summed E-state index contributed by atoms with van der Waals surface area (Å²) in [4.78, 5) is 16.1. The van der Waals surface area contributed by atoms with Crippen LogP contribution in [0.25, 0.3) is 0 Å². The second kappa shape index (κ2) is 7.28. The molecule has 0 fully saturated rings. The standard InChI is InChI=1S/C16H18N2O2/c1-2-20-16-14(9-6-12-17-16)18-15(19)11-10-13-7-4-3-5-8-13/h3-9,12H,2,10-11H2,1H3,(H,18,19). The van der Waals surface area contributed by atoms with Crippen molar-refractivity contribution in [3.63, 3.8) is 0 Å². The fraction of sp³-hybridized carbons (Fsp3) is 0.250. The minimum Gasteiger partial charge on any atom is -0.476 e. The minimum atomic E-state index is -0.0391. The maximum Gasteiger partial charge on any atom is 0.237 e. The van der Waals surface area contributed by atoms with E-state index in [2.05, 4.69) is 10.3 Å². The monoisotopic (exact) mass is 270 g/mol. The summed E-state index contributed by atoms with van der Waals surface area (Å²) in [7, 11) is 0. The highest BCUT2D eigenvalue weighted by Crippen LogP contribution is 2.20. The summed E-state index contributed by atoms with van der Waals surface area (Å²) in [6.07, 6.45) is 2.80. The molecule has 0 spiro atoms. The Morgan fingerprint density at radius 3 is 2.75 bits per heavy atom. The molecular formula is C16H18N2O2. The number of hydrogen-bond acceptors (Lipinski definition) is 3. The normalized spacial score (nSPS) is 10.1. The Morgan fingerprint density at radius 1 is 1.20 bits per heavy atom. The molecule has 0 aliphatic carbocycles. The fourth-order valence-corrected chi connectivity index (χ4v) is 1.85. The average molecular weight is 270 g/mol. The van der Waals surface area contributed by atoms with Crippen LogP contribution in [-0.4, -0.2) is 17.5 Å². The highest BCUT2D eigenvalue weighted by molar-refractivity contribution is 5.91. The summed E-state index contributed by atoms with van der Waals surface area (Å²) in [5.41, 5.74) is 1.77. The Labute approximate surface area is 118 Å². The predicted molar refractivity (Wildman–Crippen MR) is 78.8 cm³/mol. The van der Waals surface area contributed by atoms with E-state index in [9.17, 15) is 4.79 Å². The van der Waals surface area contributed by atoms with Gasteiger partial charge in [0.15, 0.2) is 0 Å². The molecule has 0 radical (unpaired) electrons. The zero-order valence-electron chi connectivity index (χ0n) is 11.5. The van der Waals surface area contributed by atoms with Crippen molar-refractivity contribution in [3.8, 4) is 5.88 Å². The fourth-order valence-electron chi connectivity index (χ4n) is 1.85. The van der Waals surface area contributed by atoms with E-state index in [4.69, 9.17) is 4.74 Å². The summed E-state index contributed by atoms with van der Waals surface area (Å²) in [6.45, 7) is 2.40. The quantitative estimate of drug-likeness (QED) is 0.877. The second-order valence-corrected chi connectivity index (χ2v) is 4.32. The smallest absolute Gasteiger partial charge is 0.237 e. The van der Waals surface area contributed by atoms with Gasteiger partial charge in [0, 0.05) is 12.6 Å². The van der Waals surface area contributed by atoms with Crippen molar-refractivity contribution in [2.24, 2.45) is 0 Å². The van der Waals surface area contributed by atoms with E-state index in [1.54, 1.807) is 18.3 Å². The zero-order chi connectivity index (χ0) is 14.2. The topological polar surface area (TPSA) is 51.2 Å². The first kappa shape index (κ1) is 14.1. The largest absolute Gasteiger partial charge is 0.476 e. The predicted octanol–water partition coefficient (Wildman–Crippen LogP) is 3.05. The minimum absolute atomic E-state index is 0.0391. The molecule has 4 nitrogen and oxygen atoms in total. The number of pyridine rings is 1. The van der Waals surface area contributed by atoms with Crippen LogP contribution < -0.4 is 10.1 Å². The maximum absolute atomic E-state index is 11.9. The van der Waals surface area contributed by atoms with Crippen molar-refractivity contribution in [2.75, 3.05) is 11.9 Å². The van der Waals surface area contributed by atoms with E-state index >= 15 is 0 Å². The molecule has 0 saturated carbocycles. The number of anilines is 1. The number of aromatic nitrogens is 1. The van der Waals surface area contributed by atoms with E-state index in [0.29, 0.717) is 24.6 Å². The first-order valence-corrected chi connectivity index (χ1v) is 6.71. The Balaban J connectivity index is 1.91. The van der Waals surface area contributed by atoms with Gasteiger partial charge in [0.25, 0.3) is 0 Å². The number of carbonyl (C=O) groups is 1. The molecule has 4 heteroatoms. The van der Waals surface area contributed by atoms with Gasteiger partial charge < -0.3 is 10.1 Å². The SMILES string of the molecule is CCOc1ncccc1NC(=O)CCc1ccccc1. The lowest BCUT2D eigenvalue weighted by Gasteiger charge is -2.09. The molecule has 1 aromatic heterocycles. The van der Waals surface area contributed by atoms with Gasteiger partial charge in [-0.05, 0) is 31.0 Å². The van der Waals surface area contributed by atoms with Gasteiger partial charge in [0.1, 0.15) is 5.69 Å². The number of nitrogens with one attached hydrogen (secondary N) is 1. The van der Waals surface area contributed by atoms with E-state index in [-0.39, 0.29) is 5.91 Å². The summed E-state index contributed by atoms with van der Waals surface area (Å²) in [6, 6.07) is 13.5. The van der Waals surface area contributed by atoms with Crippen LogP contribution in [0.2, 0.25) is 0 Å². The molecule has 1 heterocycles. The number of aryl methyl sites for hydroxylation is 1. The molecule has 1 amide bonds. The Hall–Kier alpha value is -2.36. The zero-order valence-corrected chi connectivity index (χ0v) is 11.5. The van der Waals surface area contributed by atoms with Gasteiger partial charge in [-0.3, -0.25) is 4.79 Å². The molecular weight excluding hydrogens is 252 g/mol.